The average Bonchev–Trinajstić information content (AvgIpc) is 2.67. The molecule has 0 aliphatic carbocycles. The van der Waals surface area contributed by atoms with Gasteiger partial charge in [0.15, 0.2) is 5.78 Å². The molecule has 1 amide bonds. The molecule has 0 radical (unpaired) electrons. The largest absolute Gasteiger partial charge is 0.497 e. The van der Waals surface area contributed by atoms with Crippen LogP contribution in [0.15, 0.2) is 54.6 Å². The molecule has 0 aromatic heterocycles. The summed E-state index contributed by atoms with van der Waals surface area (Å²) in [5.41, 5.74) is 1.31. The van der Waals surface area contributed by atoms with Crippen LogP contribution >= 0.6 is 0 Å². The van der Waals surface area contributed by atoms with E-state index in [0.717, 1.165) is 5.56 Å². The van der Waals surface area contributed by atoms with E-state index in [2.05, 4.69) is 5.32 Å². The highest BCUT2D eigenvalue weighted by molar-refractivity contribution is 5.96. The first-order valence-electron chi connectivity index (χ1n) is 8.73. The Hall–Kier alpha value is -3.15. The van der Waals surface area contributed by atoms with Crippen LogP contribution in [0.4, 0.5) is 0 Å². The van der Waals surface area contributed by atoms with Crippen molar-refractivity contribution >= 4 is 17.7 Å². The van der Waals surface area contributed by atoms with Gasteiger partial charge >= 0.3 is 5.97 Å². The van der Waals surface area contributed by atoms with E-state index in [1.807, 2.05) is 6.07 Å². The van der Waals surface area contributed by atoms with E-state index in [9.17, 15) is 14.4 Å². The first kappa shape index (κ1) is 20.2. The van der Waals surface area contributed by atoms with Crippen LogP contribution in [0.5, 0.6) is 5.75 Å². The molecular formula is C21H23NO5. The van der Waals surface area contributed by atoms with Gasteiger partial charge in [-0.05, 0) is 36.2 Å². The number of rotatable bonds is 10. The number of nitrogens with one attached hydrogen (secondary N) is 1. The molecule has 6 heteroatoms. The van der Waals surface area contributed by atoms with E-state index in [1.54, 1.807) is 55.6 Å². The highest BCUT2D eigenvalue weighted by Crippen LogP contribution is 2.17. The van der Waals surface area contributed by atoms with Gasteiger partial charge in [0, 0.05) is 18.4 Å². The number of Topliss-reactive ketones (excluding diaryl/α,β-unsaturated/α-hetero) is 1. The second-order valence-corrected chi connectivity index (χ2v) is 6.13. The minimum absolute atomic E-state index is 0.0457. The quantitative estimate of drug-likeness (QED) is 0.626. The van der Waals surface area contributed by atoms with Crippen molar-refractivity contribution in [3.8, 4) is 5.75 Å². The Bertz CT molecular complexity index is 771. The third-order valence-corrected chi connectivity index (χ3v) is 4.14. The van der Waals surface area contributed by atoms with Gasteiger partial charge in [0.25, 0.3) is 0 Å². The highest BCUT2D eigenvalue weighted by Gasteiger charge is 2.18. The summed E-state index contributed by atoms with van der Waals surface area (Å²) in [6, 6.07) is 15.2. The molecule has 0 heterocycles. The summed E-state index contributed by atoms with van der Waals surface area (Å²) >= 11 is 0. The lowest BCUT2D eigenvalue weighted by Crippen LogP contribution is -2.30. The number of amides is 1. The Kier molecular flexibility index (Phi) is 7.55. The van der Waals surface area contributed by atoms with Crippen molar-refractivity contribution < 1.29 is 24.2 Å². The molecule has 27 heavy (non-hydrogen) atoms. The molecule has 1 atom stereocenters. The second kappa shape index (κ2) is 10.1. The zero-order valence-electron chi connectivity index (χ0n) is 15.2. The van der Waals surface area contributed by atoms with E-state index in [-0.39, 0.29) is 31.0 Å². The van der Waals surface area contributed by atoms with Crippen LogP contribution in [0.3, 0.4) is 0 Å². The number of hydrogen-bond donors (Lipinski definition) is 2. The second-order valence-electron chi connectivity index (χ2n) is 6.13. The number of carboxylic acids is 1. The van der Waals surface area contributed by atoms with Gasteiger partial charge in [0.1, 0.15) is 5.75 Å². The Morgan fingerprint density at radius 1 is 1.00 bits per heavy atom. The summed E-state index contributed by atoms with van der Waals surface area (Å²) in [6.45, 7) is 0. The summed E-state index contributed by atoms with van der Waals surface area (Å²) in [5.74, 6) is -0.626. The summed E-state index contributed by atoms with van der Waals surface area (Å²) in [4.78, 5) is 35.4. The molecule has 6 nitrogen and oxygen atoms in total. The molecule has 1 unspecified atom stereocenters. The Labute approximate surface area is 158 Å². The Balaban J connectivity index is 1.84. The standard InChI is InChI=1S/C21H23NO5/c1-27-17-12-10-16(11-13-17)19(23)8-5-9-20(24)22-18(14-21(25)26)15-6-3-2-4-7-15/h2-4,6-7,10-13,18H,5,8-9,14H2,1H3,(H,22,24)(H,25,26). The van der Waals surface area contributed by atoms with Gasteiger partial charge in [-0.25, -0.2) is 0 Å². The van der Waals surface area contributed by atoms with E-state index in [1.165, 1.54) is 0 Å². The number of carbonyl (C=O) groups is 3. The van der Waals surface area contributed by atoms with Crippen molar-refractivity contribution in [2.75, 3.05) is 7.11 Å². The van der Waals surface area contributed by atoms with Crippen LogP contribution < -0.4 is 10.1 Å². The maximum atomic E-state index is 12.2. The Morgan fingerprint density at radius 2 is 1.67 bits per heavy atom. The highest BCUT2D eigenvalue weighted by atomic mass is 16.5. The van der Waals surface area contributed by atoms with Crippen LogP contribution in [0, 0.1) is 0 Å². The molecule has 0 aliphatic rings. The minimum atomic E-state index is -0.987. The molecule has 142 valence electrons. The predicted octanol–water partition coefficient (Wildman–Crippen LogP) is 3.38. The number of carboxylic acid groups (broad SMARTS) is 1. The number of benzene rings is 2. The topological polar surface area (TPSA) is 92.7 Å². The number of methoxy groups -OCH3 is 1. The molecule has 0 fully saturated rings. The van der Waals surface area contributed by atoms with Crippen molar-refractivity contribution in [2.24, 2.45) is 0 Å². The number of carbonyl (C=O) groups excluding carboxylic acids is 2. The summed E-state index contributed by atoms with van der Waals surface area (Å²) in [6.07, 6.45) is 0.603. The molecule has 2 aromatic carbocycles. The van der Waals surface area contributed by atoms with E-state index in [4.69, 9.17) is 9.84 Å². The number of ether oxygens (including phenoxy) is 1. The maximum Gasteiger partial charge on any atom is 0.305 e. The number of aliphatic carboxylic acids is 1. The van der Waals surface area contributed by atoms with Crippen molar-refractivity contribution in [1.82, 2.24) is 5.32 Å². The van der Waals surface area contributed by atoms with Gasteiger partial charge < -0.3 is 15.2 Å². The van der Waals surface area contributed by atoms with Gasteiger partial charge in [-0.3, -0.25) is 14.4 Å². The molecule has 0 aliphatic heterocycles. The van der Waals surface area contributed by atoms with Gasteiger partial charge in [0.2, 0.25) is 5.91 Å². The zero-order chi connectivity index (χ0) is 19.6. The van der Waals surface area contributed by atoms with Gasteiger partial charge in [0.05, 0.1) is 19.6 Å². The molecule has 0 bridgehead atoms. The summed E-state index contributed by atoms with van der Waals surface area (Å²) < 4.78 is 5.06. The van der Waals surface area contributed by atoms with E-state index < -0.39 is 12.0 Å². The molecule has 0 saturated heterocycles. The van der Waals surface area contributed by atoms with Crippen LogP contribution in [0.2, 0.25) is 0 Å². The summed E-state index contributed by atoms with van der Waals surface area (Å²) in [5, 5.41) is 11.8. The lowest BCUT2D eigenvalue weighted by molar-refractivity contribution is -0.137. The minimum Gasteiger partial charge on any atom is -0.497 e. The third-order valence-electron chi connectivity index (χ3n) is 4.14. The molecular weight excluding hydrogens is 346 g/mol. The molecule has 2 N–H and O–H groups in total. The van der Waals surface area contributed by atoms with E-state index >= 15 is 0 Å². The summed E-state index contributed by atoms with van der Waals surface area (Å²) in [7, 11) is 1.56. The van der Waals surface area contributed by atoms with Gasteiger partial charge in [-0.2, -0.15) is 0 Å². The van der Waals surface area contributed by atoms with Crippen LogP contribution in [-0.2, 0) is 9.59 Å². The van der Waals surface area contributed by atoms with Crippen molar-refractivity contribution in [1.29, 1.82) is 0 Å². The van der Waals surface area contributed by atoms with Crippen LogP contribution in [0.25, 0.3) is 0 Å². The number of ketones is 1. The maximum absolute atomic E-state index is 12.2. The lowest BCUT2D eigenvalue weighted by atomic mass is 10.0. The average molecular weight is 369 g/mol. The first-order chi connectivity index (χ1) is 13.0. The molecule has 2 rings (SSSR count). The fourth-order valence-electron chi connectivity index (χ4n) is 2.71. The zero-order valence-corrected chi connectivity index (χ0v) is 15.2. The SMILES string of the molecule is COc1ccc(C(=O)CCCC(=O)NC(CC(=O)O)c2ccccc2)cc1. The van der Waals surface area contributed by atoms with E-state index in [0.29, 0.717) is 17.7 Å². The number of hydrogen-bond acceptors (Lipinski definition) is 4. The molecule has 2 aromatic rings. The lowest BCUT2D eigenvalue weighted by Gasteiger charge is -2.17. The third kappa shape index (κ3) is 6.58. The molecule has 0 spiro atoms. The monoisotopic (exact) mass is 369 g/mol. The molecule has 0 saturated carbocycles. The van der Waals surface area contributed by atoms with Crippen LogP contribution in [0.1, 0.15) is 47.6 Å². The normalized spacial score (nSPS) is 11.4. The van der Waals surface area contributed by atoms with Crippen molar-refractivity contribution in [2.45, 2.75) is 31.7 Å². The Morgan fingerprint density at radius 3 is 2.26 bits per heavy atom. The predicted molar refractivity (Wildman–Crippen MR) is 101 cm³/mol. The fourth-order valence-corrected chi connectivity index (χ4v) is 2.71. The first-order valence-corrected chi connectivity index (χ1v) is 8.73. The smallest absolute Gasteiger partial charge is 0.305 e. The van der Waals surface area contributed by atoms with Crippen molar-refractivity contribution in [3.05, 3.63) is 65.7 Å². The van der Waals surface area contributed by atoms with Crippen molar-refractivity contribution in [3.63, 3.8) is 0 Å². The van der Waals surface area contributed by atoms with Gasteiger partial charge in [-0.1, -0.05) is 30.3 Å². The van der Waals surface area contributed by atoms with Gasteiger partial charge in [-0.15, -0.1) is 0 Å². The fraction of sp³-hybridized carbons (Fsp3) is 0.286. The van der Waals surface area contributed by atoms with Crippen LogP contribution in [-0.4, -0.2) is 29.9 Å².